The highest BCUT2D eigenvalue weighted by Gasteiger charge is 2.12. The van der Waals surface area contributed by atoms with Gasteiger partial charge in [-0.1, -0.05) is 30.3 Å². The largest absolute Gasteiger partial charge is 0.485 e. The Kier molecular flexibility index (Phi) is 5.06. The third-order valence-electron chi connectivity index (χ3n) is 4.55. The molecular formula is C23H20N2O3. The highest BCUT2D eigenvalue weighted by molar-refractivity contribution is 5.99. The molecule has 5 heteroatoms. The van der Waals surface area contributed by atoms with Crippen molar-refractivity contribution < 1.29 is 13.9 Å². The van der Waals surface area contributed by atoms with Crippen molar-refractivity contribution in [3.05, 3.63) is 78.4 Å². The number of fused-ring (bicyclic) bond motifs is 1. The van der Waals surface area contributed by atoms with Crippen LogP contribution in [0.2, 0.25) is 0 Å². The van der Waals surface area contributed by atoms with Crippen molar-refractivity contribution in [3.8, 4) is 16.9 Å². The van der Waals surface area contributed by atoms with E-state index in [1.54, 1.807) is 18.7 Å². The van der Waals surface area contributed by atoms with Crippen molar-refractivity contribution in [3.63, 3.8) is 0 Å². The lowest BCUT2D eigenvalue weighted by molar-refractivity contribution is -0.119. The minimum absolute atomic E-state index is 0.0264. The van der Waals surface area contributed by atoms with Crippen LogP contribution in [-0.2, 0) is 4.79 Å². The molecule has 0 aliphatic heterocycles. The Hall–Kier alpha value is -3.60. The predicted molar refractivity (Wildman–Crippen MR) is 110 cm³/mol. The number of furan rings is 1. The maximum absolute atomic E-state index is 12.3. The first-order valence-corrected chi connectivity index (χ1v) is 9.05. The van der Waals surface area contributed by atoms with Gasteiger partial charge in [0.2, 0.25) is 0 Å². The standard InChI is InChI=1S/C23H20N2O3/c1-16-4-2-6-21(18-9-11-27-14-18)23(16)28-15-19(26)13-24-12-17-5-3-7-22-20(17)8-10-25-22/h2-12,14,25H,13,15H2,1H3. The number of para-hydroxylation sites is 1. The van der Waals surface area contributed by atoms with E-state index in [4.69, 9.17) is 9.15 Å². The van der Waals surface area contributed by atoms with Crippen LogP contribution < -0.4 is 4.74 Å². The van der Waals surface area contributed by atoms with E-state index < -0.39 is 0 Å². The van der Waals surface area contributed by atoms with Crippen molar-refractivity contribution in [2.45, 2.75) is 6.92 Å². The maximum Gasteiger partial charge on any atom is 0.191 e. The van der Waals surface area contributed by atoms with Gasteiger partial charge in [-0.15, -0.1) is 0 Å². The van der Waals surface area contributed by atoms with Crippen molar-refractivity contribution >= 4 is 22.9 Å². The quantitative estimate of drug-likeness (QED) is 0.474. The first-order valence-electron chi connectivity index (χ1n) is 9.05. The predicted octanol–water partition coefficient (Wildman–Crippen LogP) is 4.80. The molecule has 5 nitrogen and oxygen atoms in total. The van der Waals surface area contributed by atoms with Gasteiger partial charge in [0, 0.05) is 40.0 Å². The minimum Gasteiger partial charge on any atom is -0.485 e. The first-order chi connectivity index (χ1) is 13.7. The van der Waals surface area contributed by atoms with E-state index in [1.807, 2.05) is 61.7 Å². The molecule has 0 radical (unpaired) electrons. The smallest absolute Gasteiger partial charge is 0.191 e. The number of nitrogens with zero attached hydrogens (tertiary/aromatic N) is 1. The fourth-order valence-electron chi connectivity index (χ4n) is 3.16. The zero-order valence-electron chi connectivity index (χ0n) is 15.5. The number of aryl methyl sites for hydroxylation is 1. The van der Waals surface area contributed by atoms with Gasteiger partial charge in [0.25, 0.3) is 0 Å². The van der Waals surface area contributed by atoms with E-state index in [0.717, 1.165) is 33.2 Å². The third kappa shape index (κ3) is 3.74. The Morgan fingerprint density at radius 2 is 2.07 bits per heavy atom. The molecule has 0 atom stereocenters. The monoisotopic (exact) mass is 372 g/mol. The fraction of sp³-hybridized carbons (Fsp3) is 0.130. The summed E-state index contributed by atoms with van der Waals surface area (Å²) in [5.74, 6) is 0.609. The van der Waals surface area contributed by atoms with Crippen LogP contribution in [0.3, 0.4) is 0 Å². The van der Waals surface area contributed by atoms with Gasteiger partial charge >= 0.3 is 0 Å². The van der Waals surface area contributed by atoms with Gasteiger partial charge in [-0.3, -0.25) is 9.79 Å². The SMILES string of the molecule is Cc1cccc(-c2ccoc2)c1OCC(=O)CN=Cc1cccc2[nH]ccc12. The molecule has 2 aromatic heterocycles. The Morgan fingerprint density at radius 3 is 2.93 bits per heavy atom. The lowest BCUT2D eigenvalue weighted by atomic mass is 10.0. The van der Waals surface area contributed by atoms with E-state index in [-0.39, 0.29) is 18.9 Å². The van der Waals surface area contributed by atoms with Crippen LogP contribution in [0.1, 0.15) is 11.1 Å². The molecule has 0 saturated heterocycles. The van der Waals surface area contributed by atoms with Gasteiger partial charge in [-0.2, -0.15) is 0 Å². The lowest BCUT2D eigenvalue weighted by Crippen LogP contribution is -2.15. The second kappa shape index (κ2) is 7.96. The second-order valence-corrected chi connectivity index (χ2v) is 6.55. The molecule has 0 bridgehead atoms. The molecule has 28 heavy (non-hydrogen) atoms. The summed E-state index contributed by atoms with van der Waals surface area (Å²) in [7, 11) is 0. The minimum atomic E-state index is -0.0844. The molecule has 0 aliphatic carbocycles. The van der Waals surface area contributed by atoms with Crippen LogP contribution >= 0.6 is 0 Å². The van der Waals surface area contributed by atoms with E-state index in [2.05, 4.69) is 9.98 Å². The average Bonchev–Trinajstić information content (AvgIpc) is 3.39. The van der Waals surface area contributed by atoms with Crippen LogP contribution in [0.15, 0.2) is 76.7 Å². The number of Topliss-reactive ketones (excluding diaryl/α,β-unsaturated/α-hetero) is 1. The summed E-state index contributed by atoms with van der Waals surface area (Å²) in [6.07, 6.45) is 6.90. The maximum atomic E-state index is 12.3. The normalized spacial score (nSPS) is 11.3. The Labute approximate surface area is 162 Å². The molecule has 4 aromatic rings. The molecule has 1 N–H and O–H groups in total. The number of H-pyrrole nitrogens is 1. The molecule has 0 spiro atoms. The highest BCUT2D eigenvalue weighted by atomic mass is 16.5. The summed E-state index contributed by atoms with van der Waals surface area (Å²) in [6, 6.07) is 15.7. The van der Waals surface area contributed by atoms with E-state index in [0.29, 0.717) is 5.75 Å². The summed E-state index contributed by atoms with van der Waals surface area (Å²) >= 11 is 0. The molecule has 140 valence electrons. The van der Waals surface area contributed by atoms with Gasteiger partial charge < -0.3 is 14.1 Å². The van der Waals surface area contributed by atoms with Crippen molar-refractivity contribution in [1.82, 2.24) is 4.98 Å². The second-order valence-electron chi connectivity index (χ2n) is 6.55. The number of hydrogen-bond donors (Lipinski definition) is 1. The van der Waals surface area contributed by atoms with Crippen LogP contribution in [0, 0.1) is 6.92 Å². The van der Waals surface area contributed by atoms with Gasteiger partial charge in [-0.25, -0.2) is 0 Å². The van der Waals surface area contributed by atoms with Gasteiger partial charge in [0.15, 0.2) is 5.78 Å². The molecule has 4 rings (SSSR count). The number of aromatic amines is 1. The number of ketones is 1. The number of rotatable bonds is 7. The molecule has 0 amide bonds. The third-order valence-corrected chi connectivity index (χ3v) is 4.55. The Morgan fingerprint density at radius 1 is 1.18 bits per heavy atom. The van der Waals surface area contributed by atoms with Crippen LogP contribution in [-0.4, -0.2) is 30.1 Å². The summed E-state index contributed by atoms with van der Waals surface area (Å²) in [5.41, 5.74) is 4.82. The van der Waals surface area contributed by atoms with Crippen LogP contribution in [0.5, 0.6) is 5.75 Å². The van der Waals surface area contributed by atoms with Gasteiger partial charge in [0.05, 0.1) is 12.5 Å². The zero-order chi connectivity index (χ0) is 19.3. The van der Waals surface area contributed by atoms with Crippen LogP contribution in [0.25, 0.3) is 22.0 Å². The topological polar surface area (TPSA) is 67.6 Å². The van der Waals surface area contributed by atoms with Crippen molar-refractivity contribution in [2.24, 2.45) is 4.99 Å². The summed E-state index contributed by atoms with van der Waals surface area (Å²) < 4.78 is 11.0. The lowest BCUT2D eigenvalue weighted by Gasteiger charge is -2.12. The zero-order valence-corrected chi connectivity index (χ0v) is 15.5. The van der Waals surface area contributed by atoms with Crippen molar-refractivity contribution in [2.75, 3.05) is 13.2 Å². The number of nitrogens with one attached hydrogen (secondary N) is 1. The Balaban J connectivity index is 1.41. The number of carbonyl (C=O) groups is 1. The number of carbonyl (C=O) groups excluding carboxylic acids is 1. The molecule has 0 unspecified atom stereocenters. The number of ether oxygens (including phenoxy) is 1. The van der Waals surface area contributed by atoms with Crippen molar-refractivity contribution in [1.29, 1.82) is 0 Å². The summed E-state index contributed by atoms with van der Waals surface area (Å²) in [4.78, 5) is 19.7. The number of hydrogen-bond acceptors (Lipinski definition) is 4. The molecule has 2 heterocycles. The fourth-order valence-corrected chi connectivity index (χ4v) is 3.16. The summed E-state index contributed by atoms with van der Waals surface area (Å²) in [6.45, 7) is 2.01. The highest BCUT2D eigenvalue weighted by Crippen LogP contribution is 2.33. The van der Waals surface area contributed by atoms with E-state index >= 15 is 0 Å². The molecule has 0 fully saturated rings. The van der Waals surface area contributed by atoms with E-state index in [1.165, 1.54) is 0 Å². The summed E-state index contributed by atoms with van der Waals surface area (Å²) in [5, 5.41) is 1.08. The number of aromatic nitrogens is 1. The molecule has 2 aromatic carbocycles. The molecule has 0 saturated carbocycles. The number of aliphatic imine (C=N–C) groups is 1. The van der Waals surface area contributed by atoms with Crippen LogP contribution in [0.4, 0.5) is 0 Å². The molecule has 0 aliphatic rings. The Bertz CT molecular complexity index is 1120. The first kappa shape index (κ1) is 17.8. The van der Waals surface area contributed by atoms with Gasteiger partial charge in [-0.05, 0) is 30.7 Å². The van der Waals surface area contributed by atoms with E-state index in [9.17, 15) is 4.79 Å². The molecular weight excluding hydrogens is 352 g/mol. The van der Waals surface area contributed by atoms with Gasteiger partial charge in [0.1, 0.15) is 18.9 Å². The average molecular weight is 372 g/mol. The number of benzene rings is 2.